The summed E-state index contributed by atoms with van der Waals surface area (Å²) in [4.78, 5) is 0. The number of thiophene rings is 1. The monoisotopic (exact) mass is 836 g/mol. The van der Waals surface area contributed by atoms with Gasteiger partial charge in [-0.2, -0.15) is 0 Å². The summed E-state index contributed by atoms with van der Waals surface area (Å²) in [5.41, 5.74) is 17.5. The van der Waals surface area contributed by atoms with E-state index in [-0.39, 0.29) is 5.41 Å². The summed E-state index contributed by atoms with van der Waals surface area (Å²) >= 11 is 1.89. The highest BCUT2D eigenvalue weighted by atomic mass is 32.1. The molecule has 15 rings (SSSR count). The summed E-state index contributed by atoms with van der Waals surface area (Å²) in [5.74, 6) is 0. The number of fused-ring (bicyclic) bond motifs is 17. The Hall–Kier alpha value is -7.40. The quantitative estimate of drug-likeness (QED) is 0.174. The lowest BCUT2D eigenvalue weighted by atomic mass is 9.67. The number of aromatic nitrogens is 2. The van der Waals surface area contributed by atoms with Crippen LogP contribution < -0.4 is 0 Å². The van der Waals surface area contributed by atoms with Crippen molar-refractivity contribution in [2.45, 2.75) is 37.5 Å². The maximum atomic E-state index is 6.37. The minimum atomic E-state index is 0.00172. The Kier molecular flexibility index (Phi) is 7.04. The van der Waals surface area contributed by atoms with E-state index in [0.717, 1.165) is 27.6 Å². The van der Waals surface area contributed by atoms with Gasteiger partial charge in [-0.1, -0.05) is 116 Å². The Morgan fingerprint density at radius 2 is 0.969 bits per heavy atom. The van der Waals surface area contributed by atoms with E-state index in [9.17, 15) is 0 Å². The van der Waals surface area contributed by atoms with Crippen LogP contribution in [0, 0.1) is 0 Å². The molecule has 2 aliphatic rings. The molecule has 64 heavy (non-hydrogen) atoms. The molecule has 1 saturated carbocycles. The number of para-hydroxylation sites is 3. The highest BCUT2D eigenvalue weighted by Crippen LogP contribution is 2.58. The predicted molar refractivity (Wildman–Crippen MR) is 270 cm³/mol. The third-order valence-corrected chi connectivity index (χ3v) is 16.2. The molecule has 4 aromatic heterocycles. The van der Waals surface area contributed by atoms with Crippen molar-refractivity contribution >= 4 is 97.1 Å². The van der Waals surface area contributed by atoms with Crippen molar-refractivity contribution in [2.24, 2.45) is 0 Å². The molecule has 2 aliphatic carbocycles. The lowest BCUT2D eigenvalue weighted by Gasteiger charge is -2.36. The van der Waals surface area contributed by atoms with Gasteiger partial charge >= 0.3 is 0 Å². The van der Waals surface area contributed by atoms with E-state index >= 15 is 0 Å². The number of furan rings is 1. The van der Waals surface area contributed by atoms with Crippen molar-refractivity contribution in [3.63, 3.8) is 0 Å². The van der Waals surface area contributed by atoms with Crippen LogP contribution in [0.25, 0.3) is 119 Å². The van der Waals surface area contributed by atoms with Crippen LogP contribution in [0.2, 0.25) is 0 Å². The molecule has 1 fully saturated rings. The first-order chi connectivity index (χ1) is 31.7. The van der Waals surface area contributed by atoms with Crippen LogP contribution >= 0.6 is 11.3 Å². The largest absolute Gasteiger partial charge is 0.456 e. The number of hydrogen-bond acceptors (Lipinski definition) is 2. The van der Waals surface area contributed by atoms with E-state index < -0.39 is 0 Å². The van der Waals surface area contributed by atoms with Gasteiger partial charge in [-0.15, -0.1) is 11.3 Å². The van der Waals surface area contributed by atoms with Crippen LogP contribution in [0.4, 0.5) is 0 Å². The Morgan fingerprint density at radius 3 is 1.80 bits per heavy atom. The van der Waals surface area contributed by atoms with Crippen LogP contribution in [0.3, 0.4) is 0 Å². The molecular formula is C60H40N2OS. The summed E-state index contributed by atoms with van der Waals surface area (Å²) in [7, 11) is 0. The van der Waals surface area contributed by atoms with Crippen molar-refractivity contribution in [3.05, 3.63) is 193 Å². The molecule has 302 valence electrons. The topological polar surface area (TPSA) is 23.0 Å². The lowest BCUT2D eigenvalue weighted by Crippen LogP contribution is -2.28. The summed E-state index contributed by atoms with van der Waals surface area (Å²) in [6, 6.07) is 68.4. The summed E-state index contributed by atoms with van der Waals surface area (Å²) in [6.07, 6.45) is 6.18. The van der Waals surface area contributed by atoms with Gasteiger partial charge in [0.1, 0.15) is 11.2 Å². The van der Waals surface area contributed by atoms with Gasteiger partial charge in [-0.05, 0) is 125 Å². The van der Waals surface area contributed by atoms with E-state index in [2.05, 4.69) is 185 Å². The summed E-state index contributed by atoms with van der Waals surface area (Å²) in [5, 5.41) is 10.2. The average molecular weight is 837 g/mol. The standard InChI is InChI=1S/C60H40N2OS/c1-10-28-60(29-11-1)50-31-37(36-21-27-54-48(30-36)41-12-2-6-16-52(41)61(54)38-22-25-44-43-14-4-8-18-56(43)63-57(44)32-38)20-24-40(50)47-35-55-49(34-51(47)60)42-13-3-7-17-53(42)62(55)39-23-26-46-45-15-5-9-19-58(45)64-59(46)33-39/h2-9,12-27,30-35H,1,10-11,28-29H2. The highest BCUT2D eigenvalue weighted by molar-refractivity contribution is 7.25. The van der Waals surface area contributed by atoms with Crippen LogP contribution in [-0.4, -0.2) is 9.13 Å². The first-order valence-corrected chi connectivity index (χ1v) is 23.6. The van der Waals surface area contributed by atoms with Crippen molar-refractivity contribution in [1.29, 1.82) is 0 Å². The molecule has 0 unspecified atom stereocenters. The SMILES string of the molecule is c1ccc2c(c1)oc1cc(-n3c4ccccc4c4cc(-c5ccc6c(c5)C5(CCCCC5)c5cc7c8ccccc8n(-c8ccc9c(c8)sc8ccccc89)c7cc5-6)ccc43)ccc12. The van der Waals surface area contributed by atoms with E-state index in [0.29, 0.717) is 0 Å². The summed E-state index contributed by atoms with van der Waals surface area (Å²) < 4.78 is 14.0. The Labute approximate surface area is 373 Å². The zero-order valence-electron chi connectivity index (χ0n) is 35.1. The fourth-order valence-corrected chi connectivity index (χ4v) is 13.4. The zero-order chi connectivity index (χ0) is 41.7. The maximum absolute atomic E-state index is 6.37. The van der Waals surface area contributed by atoms with Gasteiger partial charge in [0, 0.05) is 75.3 Å². The molecule has 4 heteroatoms. The molecule has 4 heterocycles. The minimum absolute atomic E-state index is 0.00172. The third kappa shape index (κ3) is 4.70. The van der Waals surface area contributed by atoms with Crippen LogP contribution in [0.15, 0.2) is 186 Å². The second kappa shape index (κ2) is 12.8. The van der Waals surface area contributed by atoms with Gasteiger partial charge in [0.2, 0.25) is 0 Å². The van der Waals surface area contributed by atoms with E-state index in [1.807, 2.05) is 17.4 Å². The van der Waals surface area contributed by atoms with Crippen molar-refractivity contribution in [2.75, 3.05) is 0 Å². The van der Waals surface area contributed by atoms with Crippen molar-refractivity contribution in [1.82, 2.24) is 9.13 Å². The van der Waals surface area contributed by atoms with Gasteiger partial charge in [0.25, 0.3) is 0 Å². The molecule has 0 radical (unpaired) electrons. The maximum Gasteiger partial charge on any atom is 0.137 e. The first kappa shape index (κ1) is 35.1. The lowest BCUT2D eigenvalue weighted by molar-refractivity contribution is 0.353. The van der Waals surface area contributed by atoms with Crippen molar-refractivity contribution < 1.29 is 4.42 Å². The molecule has 0 bridgehead atoms. The Bertz CT molecular complexity index is 4130. The molecule has 0 saturated heterocycles. The highest BCUT2D eigenvalue weighted by Gasteiger charge is 2.44. The molecule has 0 aliphatic heterocycles. The molecule has 1 spiro atoms. The van der Waals surface area contributed by atoms with E-state index in [4.69, 9.17) is 4.42 Å². The van der Waals surface area contributed by atoms with Gasteiger partial charge in [0.05, 0.1) is 22.1 Å². The average Bonchev–Trinajstić information content (AvgIpc) is 4.14. The molecule has 0 N–H and O–H groups in total. The van der Waals surface area contributed by atoms with Gasteiger partial charge in [-0.25, -0.2) is 0 Å². The summed E-state index contributed by atoms with van der Waals surface area (Å²) in [6.45, 7) is 0. The fourth-order valence-electron chi connectivity index (χ4n) is 12.2. The van der Waals surface area contributed by atoms with Crippen LogP contribution in [0.1, 0.15) is 43.2 Å². The van der Waals surface area contributed by atoms with Gasteiger partial charge in [0.15, 0.2) is 0 Å². The van der Waals surface area contributed by atoms with Gasteiger partial charge < -0.3 is 13.6 Å². The minimum Gasteiger partial charge on any atom is -0.456 e. The van der Waals surface area contributed by atoms with Crippen LogP contribution in [0.5, 0.6) is 0 Å². The molecule has 3 nitrogen and oxygen atoms in total. The Balaban J connectivity index is 0.896. The van der Waals surface area contributed by atoms with Gasteiger partial charge in [-0.3, -0.25) is 0 Å². The first-order valence-electron chi connectivity index (χ1n) is 22.8. The Morgan fingerprint density at radius 1 is 0.375 bits per heavy atom. The molecule has 0 amide bonds. The third-order valence-electron chi connectivity index (χ3n) is 15.1. The fraction of sp³-hybridized carbons (Fsp3) is 0.100. The number of benzene rings is 9. The van der Waals surface area contributed by atoms with E-state index in [1.165, 1.54) is 135 Å². The second-order valence-electron chi connectivity index (χ2n) is 18.3. The smallest absolute Gasteiger partial charge is 0.137 e. The molecule has 13 aromatic rings. The molecule has 0 atom stereocenters. The zero-order valence-corrected chi connectivity index (χ0v) is 35.9. The molecule has 9 aromatic carbocycles. The van der Waals surface area contributed by atoms with Crippen LogP contribution in [-0.2, 0) is 5.41 Å². The van der Waals surface area contributed by atoms with E-state index in [1.54, 1.807) is 0 Å². The second-order valence-corrected chi connectivity index (χ2v) is 19.4. The number of nitrogens with zero attached hydrogens (tertiary/aromatic N) is 2. The predicted octanol–water partition coefficient (Wildman–Crippen LogP) is 17.0. The number of hydrogen-bond donors (Lipinski definition) is 0. The van der Waals surface area contributed by atoms with Crippen molar-refractivity contribution in [3.8, 4) is 33.6 Å². The molecular weight excluding hydrogens is 797 g/mol. The normalized spacial score (nSPS) is 14.7. The number of rotatable bonds is 3.